The number of ether oxygens (including phenoxy) is 2. The van der Waals surface area contributed by atoms with Gasteiger partial charge in [-0.2, -0.15) is 0 Å². The first-order valence-corrected chi connectivity index (χ1v) is 10.4. The number of benzene rings is 1. The van der Waals surface area contributed by atoms with Gasteiger partial charge in [-0.1, -0.05) is 0 Å². The summed E-state index contributed by atoms with van der Waals surface area (Å²) in [6.45, 7) is 8.00. The topological polar surface area (TPSA) is 168 Å². The number of nitro groups is 2. The number of hydrogen-bond acceptors (Lipinski definition) is 10. The minimum atomic E-state index is -1.000. The first kappa shape index (κ1) is 25.4. The maximum atomic E-state index is 12.8. The Balaban J connectivity index is 2.54. The van der Waals surface area contributed by atoms with Crippen molar-refractivity contribution in [3.63, 3.8) is 0 Å². The van der Waals surface area contributed by atoms with E-state index in [0.717, 1.165) is 23.5 Å². The van der Waals surface area contributed by atoms with Crippen molar-refractivity contribution in [2.75, 3.05) is 5.32 Å². The van der Waals surface area contributed by atoms with E-state index in [1.165, 1.54) is 6.92 Å². The average molecular weight is 479 g/mol. The van der Waals surface area contributed by atoms with Crippen LogP contribution in [0, 0.1) is 27.2 Å². The number of hydrogen-bond donors (Lipinski definition) is 1. The summed E-state index contributed by atoms with van der Waals surface area (Å²) >= 11 is 0.752. The number of carbonyl (C=O) groups is 3. The third-order valence-electron chi connectivity index (χ3n) is 4.08. The summed E-state index contributed by atoms with van der Waals surface area (Å²) in [7, 11) is 0. The predicted molar refractivity (Wildman–Crippen MR) is 118 cm³/mol. The number of carbonyl (C=O) groups excluding carboxylic acids is 3. The second kappa shape index (κ2) is 10.2. The molecule has 0 aliphatic carbocycles. The maximum Gasteiger partial charge on any atom is 0.348 e. The predicted octanol–water partition coefficient (Wildman–Crippen LogP) is 4.26. The van der Waals surface area contributed by atoms with Crippen molar-refractivity contribution in [3.8, 4) is 0 Å². The van der Waals surface area contributed by atoms with Gasteiger partial charge in [0.2, 0.25) is 0 Å². The molecule has 0 spiro atoms. The molecule has 0 saturated heterocycles. The van der Waals surface area contributed by atoms with Crippen LogP contribution in [0.15, 0.2) is 18.2 Å². The van der Waals surface area contributed by atoms with Gasteiger partial charge in [0.05, 0.1) is 33.7 Å². The Hall–Kier alpha value is -3.87. The molecule has 0 fully saturated rings. The van der Waals surface area contributed by atoms with Crippen LogP contribution in [0.4, 0.5) is 16.4 Å². The third kappa shape index (κ3) is 5.88. The lowest BCUT2D eigenvalue weighted by Gasteiger charge is -2.10. The van der Waals surface area contributed by atoms with Gasteiger partial charge in [-0.3, -0.25) is 25.0 Å². The largest absolute Gasteiger partial charge is 0.459 e. The summed E-state index contributed by atoms with van der Waals surface area (Å²) in [5, 5.41) is 24.6. The highest BCUT2D eigenvalue weighted by atomic mass is 32.1. The van der Waals surface area contributed by atoms with Crippen LogP contribution in [0.3, 0.4) is 0 Å². The van der Waals surface area contributed by atoms with E-state index in [-0.39, 0.29) is 21.0 Å². The fraction of sp³-hybridized carbons (Fsp3) is 0.350. The number of nitro benzene ring substituents is 2. The first-order valence-electron chi connectivity index (χ1n) is 9.63. The second-order valence-corrected chi connectivity index (χ2v) is 8.36. The zero-order valence-electron chi connectivity index (χ0n) is 18.4. The number of rotatable bonds is 8. The van der Waals surface area contributed by atoms with Crippen LogP contribution < -0.4 is 5.32 Å². The summed E-state index contributed by atoms with van der Waals surface area (Å²) in [5.41, 5.74) is -1.70. The Morgan fingerprint density at radius 3 is 2.06 bits per heavy atom. The highest BCUT2D eigenvalue weighted by molar-refractivity contribution is 7.18. The minimum Gasteiger partial charge on any atom is -0.459 e. The number of nitrogens with zero attached hydrogens (tertiary/aromatic N) is 2. The van der Waals surface area contributed by atoms with Crippen LogP contribution in [-0.2, 0) is 9.47 Å². The minimum absolute atomic E-state index is 0.0490. The molecule has 1 aromatic carbocycles. The summed E-state index contributed by atoms with van der Waals surface area (Å²) in [4.78, 5) is 58.5. The number of anilines is 1. The van der Waals surface area contributed by atoms with Gasteiger partial charge in [-0.25, -0.2) is 9.59 Å². The Bertz CT molecular complexity index is 1140. The van der Waals surface area contributed by atoms with E-state index in [1.54, 1.807) is 27.7 Å². The Morgan fingerprint density at radius 1 is 0.970 bits per heavy atom. The Kier molecular flexibility index (Phi) is 7.82. The zero-order valence-corrected chi connectivity index (χ0v) is 19.2. The van der Waals surface area contributed by atoms with Crippen molar-refractivity contribution in [3.05, 3.63) is 60.0 Å². The van der Waals surface area contributed by atoms with Crippen LogP contribution >= 0.6 is 11.3 Å². The Labute approximate surface area is 191 Å². The van der Waals surface area contributed by atoms with Crippen LogP contribution in [-0.4, -0.2) is 39.9 Å². The van der Waals surface area contributed by atoms with E-state index in [1.807, 2.05) is 0 Å². The van der Waals surface area contributed by atoms with Crippen molar-refractivity contribution in [2.24, 2.45) is 0 Å². The van der Waals surface area contributed by atoms with E-state index in [9.17, 15) is 34.6 Å². The van der Waals surface area contributed by atoms with E-state index in [2.05, 4.69) is 5.32 Å². The molecule has 1 N–H and O–H groups in total. The molecule has 0 radical (unpaired) electrons. The molecule has 0 saturated carbocycles. The molecule has 0 bridgehead atoms. The van der Waals surface area contributed by atoms with Crippen LogP contribution in [0.2, 0.25) is 0 Å². The van der Waals surface area contributed by atoms with Crippen molar-refractivity contribution in [2.45, 2.75) is 46.8 Å². The van der Waals surface area contributed by atoms with E-state index in [4.69, 9.17) is 9.47 Å². The van der Waals surface area contributed by atoms with Gasteiger partial charge in [-0.05, 0) is 46.2 Å². The van der Waals surface area contributed by atoms with Crippen molar-refractivity contribution >= 4 is 45.6 Å². The number of nitrogens with one attached hydrogen (secondary N) is 1. The number of non-ortho nitro benzene ring substituents is 1. The zero-order chi connectivity index (χ0) is 25.0. The molecule has 176 valence electrons. The van der Waals surface area contributed by atoms with Crippen molar-refractivity contribution < 1.29 is 33.7 Å². The standard InChI is InChI=1S/C20H21N3O9S/c1-9(2)31-19(25)15-11(5)16(20(26)32-10(3)4)33-18(15)21-17(24)13-7-6-12(22(27)28)8-14(13)23(29)30/h6-10H,1-5H3,(H,21,24). The highest BCUT2D eigenvalue weighted by Gasteiger charge is 2.30. The molecule has 2 aromatic rings. The lowest BCUT2D eigenvalue weighted by Crippen LogP contribution is -2.18. The molecule has 0 aliphatic heterocycles. The molecule has 2 rings (SSSR count). The van der Waals surface area contributed by atoms with E-state index >= 15 is 0 Å². The second-order valence-electron chi connectivity index (χ2n) is 7.34. The molecule has 13 heteroatoms. The summed E-state index contributed by atoms with van der Waals surface area (Å²) in [6, 6.07) is 2.54. The maximum absolute atomic E-state index is 12.8. The molecule has 0 atom stereocenters. The van der Waals surface area contributed by atoms with Crippen molar-refractivity contribution in [1.82, 2.24) is 0 Å². The van der Waals surface area contributed by atoms with Crippen molar-refractivity contribution in [1.29, 1.82) is 0 Å². The molecule has 1 heterocycles. The number of thiophene rings is 1. The average Bonchev–Trinajstić information content (AvgIpc) is 3.02. The molecule has 0 unspecified atom stereocenters. The first-order chi connectivity index (χ1) is 15.3. The van der Waals surface area contributed by atoms with Gasteiger partial charge in [0.25, 0.3) is 17.3 Å². The molecule has 12 nitrogen and oxygen atoms in total. The van der Waals surface area contributed by atoms with Crippen LogP contribution in [0.1, 0.15) is 63.6 Å². The normalized spacial score (nSPS) is 10.8. The summed E-state index contributed by atoms with van der Waals surface area (Å²) in [5.74, 6) is -2.52. The van der Waals surface area contributed by atoms with Gasteiger partial charge >= 0.3 is 11.9 Å². The quantitative estimate of drug-likeness (QED) is 0.330. The number of amides is 1. The SMILES string of the molecule is Cc1c(C(=O)OC(C)C)sc(NC(=O)c2ccc([N+](=O)[O-])cc2[N+](=O)[O-])c1C(=O)OC(C)C. The molecular formula is C20H21N3O9S. The Morgan fingerprint density at radius 2 is 1.55 bits per heavy atom. The van der Waals surface area contributed by atoms with E-state index in [0.29, 0.717) is 6.07 Å². The van der Waals surface area contributed by atoms with Gasteiger partial charge in [0.15, 0.2) is 0 Å². The molecule has 1 aromatic heterocycles. The van der Waals surface area contributed by atoms with Gasteiger partial charge in [0.1, 0.15) is 15.4 Å². The fourth-order valence-corrected chi connectivity index (χ4v) is 3.80. The van der Waals surface area contributed by atoms with Crippen LogP contribution in [0.5, 0.6) is 0 Å². The molecule has 0 aliphatic rings. The molecule has 33 heavy (non-hydrogen) atoms. The van der Waals surface area contributed by atoms with E-state index < -0.39 is 56.8 Å². The molecular weight excluding hydrogens is 458 g/mol. The summed E-state index contributed by atoms with van der Waals surface area (Å²) < 4.78 is 10.4. The highest BCUT2D eigenvalue weighted by Crippen LogP contribution is 2.36. The molecule has 1 amide bonds. The third-order valence-corrected chi connectivity index (χ3v) is 5.27. The smallest absolute Gasteiger partial charge is 0.348 e. The van der Waals surface area contributed by atoms with Gasteiger partial charge < -0.3 is 14.8 Å². The fourth-order valence-electron chi connectivity index (χ4n) is 2.73. The lowest BCUT2D eigenvalue weighted by molar-refractivity contribution is -0.394. The van der Waals surface area contributed by atoms with Gasteiger partial charge in [0, 0.05) is 6.07 Å². The van der Waals surface area contributed by atoms with Crippen LogP contribution in [0.25, 0.3) is 0 Å². The lowest BCUT2D eigenvalue weighted by atomic mass is 10.1. The number of esters is 2. The van der Waals surface area contributed by atoms with Gasteiger partial charge in [-0.15, -0.1) is 11.3 Å². The monoisotopic (exact) mass is 479 g/mol. The summed E-state index contributed by atoms with van der Waals surface area (Å²) in [6.07, 6.45) is -0.937.